The van der Waals surface area contributed by atoms with Gasteiger partial charge >= 0.3 is 12.4 Å². The first-order valence-electron chi connectivity index (χ1n) is 6.28. The molecule has 2 aromatic rings. The summed E-state index contributed by atoms with van der Waals surface area (Å²) in [6.45, 7) is 0. The highest BCUT2D eigenvalue weighted by Crippen LogP contribution is 2.34. The highest BCUT2D eigenvalue weighted by atomic mass is 32.2. The Morgan fingerprint density at radius 3 is 2.12 bits per heavy atom. The zero-order valence-electron chi connectivity index (χ0n) is 12.2. The fourth-order valence-electron chi connectivity index (χ4n) is 1.62. The van der Waals surface area contributed by atoms with Crippen molar-refractivity contribution < 1.29 is 39.5 Å². The summed E-state index contributed by atoms with van der Waals surface area (Å²) in [5.41, 5.74) is -2.71. The molecule has 1 aromatic heterocycles. The highest BCUT2D eigenvalue weighted by molar-refractivity contribution is 7.90. The molecule has 0 saturated heterocycles. The van der Waals surface area contributed by atoms with Crippen LogP contribution in [-0.2, 0) is 22.2 Å². The van der Waals surface area contributed by atoms with Crippen molar-refractivity contribution >= 4 is 9.84 Å². The molecule has 0 aliphatic heterocycles. The van der Waals surface area contributed by atoms with Gasteiger partial charge in [0.2, 0.25) is 15.7 Å². The van der Waals surface area contributed by atoms with E-state index in [1.165, 1.54) is 0 Å². The van der Waals surface area contributed by atoms with Crippen LogP contribution in [0.2, 0.25) is 0 Å². The van der Waals surface area contributed by atoms with Crippen LogP contribution >= 0.6 is 0 Å². The molecule has 25 heavy (non-hydrogen) atoms. The molecule has 1 heterocycles. The number of nitrogens with zero attached hydrogens (tertiary/aromatic N) is 2. The molecule has 5 nitrogen and oxygen atoms in total. The Morgan fingerprint density at radius 2 is 1.60 bits per heavy atom. The summed E-state index contributed by atoms with van der Waals surface area (Å²) in [4.78, 5) is 6.19. The molecule has 0 spiro atoms. The summed E-state index contributed by atoms with van der Waals surface area (Å²) in [7, 11) is -4.21. The average Bonchev–Trinajstić information content (AvgIpc) is 2.44. The van der Waals surface area contributed by atoms with E-state index in [0.29, 0.717) is 12.3 Å². The number of sulfone groups is 1. The number of ether oxygens (including phenoxy) is 1. The van der Waals surface area contributed by atoms with E-state index in [4.69, 9.17) is 4.74 Å². The fourth-order valence-corrected chi connectivity index (χ4v) is 2.14. The largest absolute Gasteiger partial charge is 0.439 e. The molecule has 0 bridgehead atoms. The smallest absolute Gasteiger partial charge is 0.433 e. The first kappa shape index (κ1) is 19.0. The first-order chi connectivity index (χ1) is 11.3. The third-order valence-electron chi connectivity index (χ3n) is 2.69. The van der Waals surface area contributed by atoms with Gasteiger partial charge in [-0.05, 0) is 18.2 Å². The maximum absolute atomic E-state index is 12.8. The van der Waals surface area contributed by atoms with Gasteiger partial charge < -0.3 is 4.74 Å². The van der Waals surface area contributed by atoms with Gasteiger partial charge in [0.15, 0.2) is 5.69 Å². The van der Waals surface area contributed by atoms with Crippen molar-refractivity contribution in [3.63, 3.8) is 0 Å². The van der Waals surface area contributed by atoms with Crippen LogP contribution in [-0.4, -0.2) is 24.6 Å². The summed E-state index contributed by atoms with van der Waals surface area (Å²) in [6.07, 6.45) is -9.12. The summed E-state index contributed by atoms with van der Waals surface area (Å²) < 4.78 is 104. The minimum atomic E-state index is -5.01. The van der Waals surface area contributed by atoms with E-state index in [1.54, 1.807) is 0 Å². The minimum absolute atomic E-state index is 0.287. The van der Waals surface area contributed by atoms with Crippen LogP contribution in [0, 0.1) is 0 Å². The van der Waals surface area contributed by atoms with E-state index in [-0.39, 0.29) is 6.07 Å². The lowest BCUT2D eigenvalue weighted by Gasteiger charge is -2.12. The van der Waals surface area contributed by atoms with E-state index in [1.807, 2.05) is 0 Å². The molecule has 1 aromatic carbocycles. The van der Waals surface area contributed by atoms with Gasteiger partial charge in [-0.1, -0.05) is 6.07 Å². The van der Waals surface area contributed by atoms with E-state index >= 15 is 0 Å². The van der Waals surface area contributed by atoms with Gasteiger partial charge in [0.05, 0.1) is 5.56 Å². The standard InChI is InChI=1S/C13H8F6N2O3S/c1-25(22,23)11-20-9(13(17,18)19)6-10(21-11)24-8-4-2-3-7(5-8)12(14,15)16/h2-6H,1H3. The Morgan fingerprint density at radius 1 is 0.960 bits per heavy atom. The first-order valence-corrected chi connectivity index (χ1v) is 8.17. The summed E-state index contributed by atoms with van der Waals surface area (Å²) in [6, 6.07) is 3.58. The zero-order chi connectivity index (χ0) is 19.0. The number of rotatable bonds is 3. The predicted octanol–water partition coefficient (Wildman–Crippen LogP) is 3.71. The van der Waals surface area contributed by atoms with Crippen molar-refractivity contribution in [3.05, 3.63) is 41.6 Å². The Hall–Kier alpha value is -2.37. The Balaban J connectivity index is 2.49. The van der Waals surface area contributed by atoms with Crippen molar-refractivity contribution in [1.29, 1.82) is 0 Å². The van der Waals surface area contributed by atoms with Crippen LogP contribution in [0.25, 0.3) is 0 Å². The van der Waals surface area contributed by atoms with Crippen molar-refractivity contribution in [2.75, 3.05) is 6.26 Å². The second-order valence-corrected chi connectivity index (χ2v) is 6.68. The average molecular weight is 386 g/mol. The molecule has 0 aliphatic rings. The van der Waals surface area contributed by atoms with Crippen LogP contribution in [0.3, 0.4) is 0 Å². The second-order valence-electron chi connectivity index (χ2n) is 4.77. The van der Waals surface area contributed by atoms with Crippen molar-refractivity contribution in [1.82, 2.24) is 9.97 Å². The normalized spacial score (nSPS) is 12.9. The van der Waals surface area contributed by atoms with Crippen molar-refractivity contribution in [2.45, 2.75) is 17.5 Å². The molecule has 0 unspecified atom stereocenters. The molecule has 0 saturated carbocycles. The zero-order valence-corrected chi connectivity index (χ0v) is 13.0. The molecule has 0 atom stereocenters. The fraction of sp³-hybridized carbons (Fsp3) is 0.231. The number of aromatic nitrogens is 2. The molecule has 0 aliphatic carbocycles. The van der Waals surface area contributed by atoms with Crippen LogP contribution in [0.1, 0.15) is 11.3 Å². The Bertz CT molecular complexity index is 893. The summed E-state index contributed by atoms with van der Waals surface area (Å²) in [5, 5.41) is -1.16. The van der Waals surface area contributed by atoms with Gasteiger partial charge in [0.25, 0.3) is 5.16 Å². The SMILES string of the molecule is CS(=O)(=O)c1nc(Oc2cccc(C(F)(F)F)c2)cc(C(F)(F)F)n1. The van der Waals surface area contributed by atoms with E-state index in [9.17, 15) is 34.8 Å². The number of alkyl halides is 6. The van der Waals surface area contributed by atoms with E-state index < -0.39 is 50.2 Å². The Kier molecular flexibility index (Phi) is 4.68. The number of hydrogen-bond donors (Lipinski definition) is 0. The molecule has 136 valence electrons. The van der Waals surface area contributed by atoms with Crippen molar-refractivity contribution in [3.8, 4) is 11.6 Å². The topological polar surface area (TPSA) is 69.2 Å². The van der Waals surface area contributed by atoms with Crippen molar-refractivity contribution in [2.24, 2.45) is 0 Å². The Labute approximate surface area is 137 Å². The number of hydrogen-bond acceptors (Lipinski definition) is 5. The number of benzene rings is 1. The summed E-state index contributed by atoms with van der Waals surface area (Å²) >= 11 is 0. The highest BCUT2D eigenvalue weighted by Gasteiger charge is 2.35. The van der Waals surface area contributed by atoms with Gasteiger partial charge in [-0.3, -0.25) is 0 Å². The maximum Gasteiger partial charge on any atom is 0.433 e. The molecular formula is C13H8F6N2O3S. The van der Waals surface area contributed by atoms with Crippen LogP contribution in [0.4, 0.5) is 26.3 Å². The van der Waals surface area contributed by atoms with E-state index in [0.717, 1.165) is 18.2 Å². The molecule has 0 N–H and O–H groups in total. The van der Waals surface area contributed by atoms with Gasteiger partial charge in [-0.2, -0.15) is 31.3 Å². The summed E-state index contributed by atoms with van der Waals surface area (Å²) in [5.74, 6) is -1.33. The lowest BCUT2D eigenvalue weighted by molar-refractivity contribution is -0.141. The number of halogens is 6. The van der Waals surface area contributed by atoms with Crippen LogP contribution < -0.4 is 4.74 Å². The second kappa shape index (κ2) is 6.17. The van der Waals surface area contributed by atoms with Crippen LogP contribution in [0.5, 0.6) is 11.6 Å². The maximum atomic E-state index is 12.8. The quantitative estimate of drug-likeness (QED) is 0.594. The molecule has 12 heteroatoms. The van der Waals surface area contributed by atoms with Gasteiger partial charge in [0.1, 0.15) is 5.75 Å². The predicted molar refractivity (Wildman–Crippen MR) is 71.7 cm³/mol. The molecular weight excluding hydrogens is 378 g/mol. The minimum Gasteiger partial charge on any atom is -0.439 e. The van der Waals surface area contributed by atoms with Gasteiger partial charge in [-0.25, -0.2) is 13.4 Å². The third-order valence-corrected chi connectivity index (χ3v) is 3.53. The monoisotopic (exact) mass is 386 g/mol. The molecule has 2 rings (SSSR count). The third kappa shape index (κ3) is 4.81. The molecule has 0 radical (unpaired) electrons. The lowest BCUT2D eigenvalue weighted by atomic mass is 10.2. The molecule has 0 fully saturated rings. The van der Waals surface area contributed by atoms with Crippen LogP contribution in [0.15, 0.2) is 35.5 Å². The molecule has 0 amide bonds. The van der Waals surface area contributed by atoms with Gasteiger partial charge in [0, 0.05) is 12.3 Å². The lowest BCUT2D eigenvalue weighted by Crippen LogP contribution is -2.14. The van der Waals surface area contributed by atoms with E-state index in [2.05, 4.69) is 9.97 Å². The van der Waals surface area contributed by atoms with Gasteiger partial charge in [-0.15, -0.1) is 0 Å².